The molecule has 208 valence electrons. The summed E-state index contributed by atoms with van der Waals surface area (Å²) in [6.45, 7) is 14.0. The zero-order valence-corrected chi connectivity index (χ0v) is 24.0. The van der Waals surface area contributed by atoms with E-state index in [1.54, 1.807) is 12.1 Å². The van der Waals surface area contributed by atoms with Crippen molar-refractivity contribution in [2.24, 2.45) is 0 Å². The molecule has 9 heteroatoms. The summed E-state index contributed by atoms with van der Waals surface area (Å²) in [6.07, 6.45) is 3.69. The number of rotatable bonds is 12. The molecule has 4 rings (SSSR count). The molecule has 1 N–H and O–H groups in total. The molecule has 0 spiro atoms. The Morgan fingerprint density at radius 1 is 1.03 bits per heavy atom. The number of para-hydroxylation sites is 2. The third kappa shape index (κ3) is 7.48. The maximum atomic E-state index is 13.0. The molecule has 1 saturated heterocycles. The second-order valence-electron chi connectivity index (χ2n) is 11.0. The van der Waals surface area contributed by atoms with Crippen molar-refractivity contribution < 1.29 is 17.6 Å². The van der Waals surface area contributed by atoms with Gasteiger partial charge in [0, 0.05) is 38.8 Å². The van der Waals surface area contributed by atoms with Gasteiger partial charge in [0.1, 0.15) is 11.3 Å². The maximum absolute atomic E-state index is 13.0. The van der Waals surface area contributed by atoms with Crippen LogP contribution in [0.25, 0.3) is 11.1 Å². The Labute approximate surface area is 227 Å². The first-order valence-electron chi connectivity index (χ1n) is 13.8. The normalized spacial score (nSPS) is 15.3. The average molecular weight is 543 g/mol. The second-order valence-corrected chi connectivity index (χ2v) is 12.8. The lowest BCUT2D eigenvalue weighted by Crippen LogP contribution is -2.46. The summed E-state index contributed by atoms with van der Waals surface area (Å²) in [5.74, 6) is 0.607. The van der Waals surface area contributed by atoms with E-state index in [0.29, 0.717) is 24.9 Å². The van der Waals surface area contributed by atoms with E-state index in [1.807, 2.05) is 37.3 Å². The molecule has 0 atom stereocenters. The van der Waals surface area contributed by atoms with Gasteiger partial charge in [-0.2, -0.15) is 4.98 Å². The van der Waals surface area contributed by atoms with Gasteiger partial charge in [-0.25, -0.2) is 13.1 Å². The zero-order valence-electron chi connectivity index (χ0n) is 23.2. The molecule has 1 aliphatic heterocycles. The number of nitrogens with one attached hydrogen (secondary N) is 1. The first-order chi connectivity index (χ1) is 18.2. The number of fused-ring (bicyclic) bond motifs is 1. The van der Waals surface area contributed by atoms with Gasteiger partial charge in [-0.05, 0) is 61.1 Å². The fraction of sp³-hybridized carbons (Fsp3) is 0.552. The summed E-state index contributed by atoms with van der Waals surface area (Å²) < 4.78 is 40.5. The molecule has 3 aromatic rings. The molecule has 38 heavy (non-hydrogen) atoms. The standard InChI is InChI=1S/C29H42N4O4S/c1-5-19-36-24-20-23(29(2,3)4)21-25(22-24)38(34,35)30-13-9-6-10-14-32-15-17-33(18-16-32)28-31-26-11-7-8-12-27(26)37-28/h7-8,11-12,20-22,30H,5-6,9-10,13-19H2,1-4H3. The highest BCUT2D eigenvalue weighted by molar-refractivity contribution is 7.89. The number of benzene rings is 2. The van der Waals surface area contributed by atoms with Gasteiger partial charge in [0.05, 0.1) is 11.5 Å². The van der Waals surface area contributed by atoms with E-state index < -0.39 is 10.0 Å². The van der Waals surface area contributed by atoms with Gasteiger partial charge >= 0.3 is 0 Å². The highest BCUT2D eigenvalue weighted by Crippen LogP contribution is 2.30. The van der Waals surface area contributed by atoms with Crippen LogP contribution in [0.5, 0.6) is 5.75 Å². The molecular weight excluding hydrogens is 500 g/mol. The van der Waals surface area contributed by atoms with Crippen LogP contribution in [-0.4, -0.2) is 64.2 Å². The molecule has 1 aliphatic rings. The van der Waals surface area contributed by atoms with E-state index in [4.69, 9.17) is 9.15 Å². The molecule has 0 amide bonds. The number of hydrogen-bond donors (Lipinski definition) is 1. The van der Waals surface area contributed by atoms with E-state index in [1.165, 1.54) is 0 Å². The summed E-state index contributed by atoms with van der Waals surface area (Å²) >= 11 is 0. The van der Waals surface area contributed by atoms with Gasteiger partial charge in [-0.3, -0.25) is 4.90 Å². The smallest absolute Gasteiger partial charge is 0.298 e. The molecule has 1 fully saturated rings. The molecular formula is C29H42N4O4S. The van der Waals surface area contributed by atoms with E-state index >= 15 is 0 Å². The number of unbranched alkanes of at least 4 members (excludes halogenated alkanes) is 2. The molecule has 0 radical (unpaired) electrons. The third-order valence-corrected chi connectivity index (χ3v) is 8.34. The number of aromatic nitrogens is 1. The number of hydrogen-bond acceptors (Lipinski definition) is 7. The molecule has 0 aliphatic carbocycles. The number of anilines is 1. The van der Waals surface area contributed by atoms with Crippen LogP contribution >= 0.6 is 0 Å². The lowest BCUT2D eigenvalue weighted by molar-refractivity contribution is 0.248. The Bertz CT molecular complexity index is 1260. The topological polar surface area (TPSA) is 87.9 Å². The van der Waals surface area contributed by atoms with Gasteiger partial charge in [-0.1, -0.05) is 46.2 Å². The Hall–Kier alpha value is -2.62. The fourth-order valence-electron chi connectivity index (χ4n) is 4.55. The lowest BCUT2D eigenvalue weighted by atomic mass is 9.87. The van der Waals surface area contributed by atoms with E-state index in [-0.39, 0.29) is 10.3 Å². The lowest BCUT2D eigenvalue weighted by Gasteiger charge is -2.33. The first-order valence-corrected chi connectivity index (χ1v) is 15.2. The van der Waals surface area contributed by atoms with E-state index in [2.05, 4.69) is 40.3 Å². The van der Waals surface area contributed by atoms with Crippen molar-refractivity contribution in [3.8, 4) is 5.75 Å². The van der Waals surface area contributed by atoms with Gasteiger partial charge in [-0.15, -0.1) is 0 Å². The van der Waals surface area contributed by atoms with Crippen molar-refractivity contribution in [3.63, 3.8) is 0 Å². The van der Waals surface area contributed by atoms with Crippen LogP contribution in [0.3, 0.4) is 0 Å². The van der Waals surface area contributed by atoms with Crippen LogP contribution in [0.4, 0.5) is 6.01 Å². The Morgan fingerprint density at radius 3 is 2.50 bits per heavy atom. The predicted octanol–water partition coefficient (Wildman–Crippen LogP) is 5.18. The SMILES string of the molecule is CCCOc1cc(C(C)(C)C)cc(S(=O)(=O)NCCCCCN2CCN(c3nc4ccccc4o3)CC2)c1. The van der Waals surface area contributed by atoms with Crippen molar-refractivity contribution in [1.82, 2.24) is 14.6 Å². The van der Waals surface area contributed by atoms with Crippen LogP contribution in [0.15, 0.2) is 51.8 Å². The van der Waals surface area contributed by atoms with Crippen molar-refractivity contribution >= 4 is 27.1 Å². The molecule has 0 unspecified atom stereocenters. The van der Waals surface area contributed by atoms with Crippen molar-refractivity contribution in [2.75, 3.05) is 50.8 Å². The largest absolute Gasteiger partial charge is 0.494 e. The van der Waals surface area contributed by atoms with E-state index in [0.717, 1.165) is 75.1 Å². The number of piperazine rings is 1. The van der Waals surface area contributed by atoms with Crippen LogP contribution < -0.4 is 14.4 Å². The first kappa shape index (κ1) is 28.4. The number of ether oxygens (including phenoxy) is 1. The van der Waals surface area contributed by atoms with Crippen molar-refractivity contribution in [3.05, 3.63) is 48.0 Å². The van der Waals surface area contributed by atoms with Crippen molar-refractivity contribution in [1.29, 1.82) is 0 Å². The quantitative estimate of drug-likeness (QED) is 0.315. The maximum Gasteiger partial charge on any atom is 0.298 e. The minimum atomic E-state index is -3.60. The zero-order chi connectivity index (χ0) is 27.2. The van der Waals surface area contributed by atoms with Gasteiger partial charge in [0.25, 0.3) is 6.01 Å². The van der Waals surface area contributed by atoms with Gasteiger partial charge < -0.3 is 14.1 Å². The minimum absolute atomic E-state index is 0.177. The monoisotopic (exact) mass is 542 g/mol. The summed E-state index contributed by atoms with van der Waals surface area (Å²) in [5.41, 5.74) is 2.49. The molecule has 8 nitrogen and oxygen atoms in total. The molecule has 0 bridgehead atoms. The van der Waals surface area contributed by atoms with Gasteiger partial charge in [0.15, 0.2) is 5.58 Å². The molecule has 2 aromatic carbocycles. The highest BCUT2D eigenvalue weighted by Gasteiger charge is 2.22. The second kappa shape index (κ2) is 12.5. The summed E-state index contributed by atoms with van der Waals surface area (Å²) in [6, 6.07) is 13.9. The Kier molecular flexibility index (Phi) is 9.33. The summed E-state index contributed by atoms with van der Waals surface area (Å²) in [4.78, 5) is 9.55. The summed E-state index contributed by atoms with van der Waals surface area (Å²) in [5, 5.41) is 0. The van der Waals surface area contributed by atoms with Crippen LogP contribution in [0, 0.1) is 0 Å². The van der Waals surface area contributed by atoms with Crippen molar-refractivity contribution in [2.45, 2.75) is 63.7 Å². The number of nitrogens with zero attached hydrogens (tertiary/aromatic N) is 3. The number of oxazole rings is 1. The predicted molar refractivity (Wildman–Crippen MR) is 153 cm³/mol. The van der Waals surface area contributed by atoms with Gasteiger partial charge in [0.2, 0.25) is 10.0 Å². The molecule has 0 saturated carbocycles. The van der Waals surface area contributed by atoms with E-state index in [9.17, 15) is 8.42 Å². The van der Waals surface area contributed by atoms with Crippen LogP contribution in [0.2, 0.25) is 0 Å². The minimum Gasteiger partial charge on any atom is -0.494 e. The third-order valence-electron chi connectivity index (χ3n) is 6.90. The molecule has 2 heterocycles. The van der Waals surface area contributed by atoms with Crippen LogP contribution in [-0.2, 0) is 15.4 Å². The highest BCUT2D eigenvalue weighted by atomic mass is 32.2. The average Bonchev–Trinajstić information content (AvgIpc) is 3.33. The Balaban J connectivity index is 1.19. The fourth-order valence-corrected chi connectivity index (χ4v) is 5.68. The number of sulfonamides is 1. The van der Waals surface area contributed by atoms with Crippen LogP contribution in [0.1, 0.15) is 58.9 Å². The summed E-state index contributed by atoms with van der Waals surface area (Å²) in [7, 11) is -3.60. The Morgan fingerprint density at radius 2 is 1.79 bits per heavy atom. The molecule has 1 aromatic heterocycles.